The van der Waals surface area contributed by atoms with Crippen molar-refractivity contribution in [2.45, 2.75) is 115 Å². The number of rotatable bonds is 11. The van der Waals surface area contributed by atoms with E-state index in [4.69, 9.17) is 20.7 Å². The highest BCUT2D eigenvalue weighted by Crippen LogP contribution is 2.34. The zero-order valence-corrected chi connectivity index (χ0v) is 28.3. The predicted molar refractivity (Wildman–Crippen MR) is 193 cm³/mol. The van der Waals surface area contributed by atoms with E-state index >= 15 is 0 Å². The molecule has 7 rings (SSSR count). The summed E-state index contributed by atoms with van der Waals surface area (Å²) in [5.41, 5.74) is 14.2. The van der Waals surface area contributed by atoms with Crippen molar-refractivity contribution in [3.8, 4) is 0 Å². The van der Waals surface area contributed by atoms with Crippen molar-refractivity contribution in [1.29, 1.82) is 0 Å². The molecule has 3 aliphatic rings. The fourth-order valence-corrected chi connectivity index (χ4v) is 7.39. The van der Waals surface area contributed by atoms with Gasteiger partial charge in [0.2, 0.25) is 5.95 Å². The molecule has 252 valence electrons. The van der Waals surface area contributed by atoms with E-state index in [-0.39, 0.29) is 0 Å². The van der Waals surface area contributed by atoms with Crippen LogP contribution in [0.3, 0.4) is 0 Å². The summed E-state index contributed by atoms with van der Waals surface area (Å²) in [6.45, 7) is 6.26. The van der Waals surface area contributed by atoms with Crippen molar-refractivity contribution in [2.24, 2.45) is 11.7 Å². The minimum Gasteiger partial charge on any atom is -0.351 e. The van der Waals surface area contributed by atoms with Crippen LogP contribution in [0.1, 0.15) is 101 Å². The van der Waals surface area contributed by atoms with Gasteiger partial charge in [-0.2, -0.15) is 9.97 Å². The zero-order chi connectivity index (χ0) is 32.3. The van der Waals surface area contributed by atoms with Gasteiger partial charge in [-0.15, -0.1) is 0 Å². The number of nitrogens with zero attached hydrogens (tertiary/aromatic N) is 5. The van der Waals surface area contributed by atoms with E-state index in [1.54, 1.807) is 0 Å². The van der Waals surface area contributed by atoms with Crippen LogP contribution in [-0.2, 0) is 13.1 Å². The molecule has 0 bridgehead atoms. The van der Waals surface area contributed by atoms with Gasteiger partial charge >= 0.3 is 0 Å². The fraction of sp³-hybridized carbons (Fsp3) is 0.553. The van der Waals surface area contributed by atoms with Crippen molar-refractivity contribution < 1.29 is 0 Å². The Morgan fingerprint density at radius 2 is 1.43 bits per heavy atom. The highest BCUT2D eigenvalue weighted by molar-refractivity contribution is 5.84. The Balaban J connectivity index is 0.000000215. The molecule has 2 aromatic carbocycles. The second-order valence-corrected chi connectivity index (χ2v) is 13.8. The number of hydrogen-bond acceptors (Lipinski definition) is 8. The quantitative estimate of drug-likeness (QED) is 0.134. The first-order valence-electron chi connectivity index (χ1n) is 18.2. The number of nitrogens with one attached hydrogen (secondary N) is 3. The summed E-state index contributed by atoms with van der Waals surface area (Å²) < 4.78 is 2.30. The van der Waals surface area contributed by atoms with Gasteiger partial charge < -0.3 is 26.4 Å². The smallest absolute Gasteiger partial charge is 0.227 e. The molecule has 0 spiro atoms. The molecule has 4 aromatic rings. The number of hydrazine groups is 1. The highest BCUT2D eigenvalue weighted by atomic mass is 15.5. The number of hydrogen-bond donors (Lipinski definition) is 4. The van der Waals surface area contributed by atoms with Gasteiger partial charge in [-0.25, -0.2) is 9.99 Å². The summed E-state index contributed by atoms with van der Waals surface area (Å²) in [6.07, 6.45) is 16.4. The highest BCUT2D eigenvalue weighted by Gasteiger charge is 2.25. The molecule has 0 atom stereocenters. The monoisotopic (exact) mass is 637 g/mol. The van der Waals surface area contributed by atoms with E-state index < -0.39 is 0 Å². The molecule has 0 radical (unpaired) electrons. The molecule has 9 nitrogen and oxygen atoms in total. The zero-order valence-electron chi connectivity index (χ0n) is 28.3. The van der Waals surface area contributed by atoms with Gasteiger partial charge in [-0.05, 0) is 68.4 Å². The van der Waals surface area contributed by atoms with Crippen molar-refractivity contribution in [3.05, 3.63) is 78.1 Å². The third-order valence-electron chi connectivity index (χ3n) is 10.2. The summed E-state index contributed by atoms with van der Waals surface area (Å²) in [7, 11) is 0. The number of anilines is 2. The Kier molecular flexibility index (Phi) is 12.1. The molecule has 3 heterocycles. The molecular weight excluding hydrogens is 582 g/mol. The standard InChI is InChI=1S/C24H40N8.C14H15N/c1-2-5-17-12-14-31(15-13-17)30-22-21-23(32(16-26-21)20-6-3-4-7-20)29-24(28-22)27-19-10-8-18(25)9-11-19;1-3-7-13(8-4-1)11-15-12-14-9-5-2-6-10-14/h16-20H,2-15,25H2,1H3,(H2,27,28,29,30);1-10,15H,11-12H2. The average molecular weight is 638 g/mol. The Bertz CT molecular complexity index is 1430. The Morgan fingerprint density at radius 3 is 2.04 bits per heavy atom. The first kappa shape index (κ1) is 33.4. The predicted octanol–water partition coefficient (Wildman–Crippen LogP) is 7.44. The normalized spacial score (nSPS) is 21.0. The Morgan fingerprint density at radius 1 is 0.787 bits per heavy atom. The van der Waals surface area contributed by atoms with Gasteiger partial charge in [0.15, 0.2) is 17.0 Å². The molecule has 2 aromatic heterocycles. The second-order valence-electron chi connectivity index (χ2n) is 13.8. The molecule has 0 amide bonds. The van der Waals surface area contributed by atoms with Crippen LogP contribution in [-0.4, -0.2) is 49.7 Å². The third kappa shape index (κ3) is 9.52. The van der Waals surface area contributed by atoms with E-state index in [0.717, 1.165) is 80.7 Å². The maximum Gasteiger partial charge on any atom is 0.227 e. The number of imidazole rings is 1. The van der Waals surface area contributed by atoms with Gasteiger partial charge in [-0.3, -0.25) is 0 Å². The first-order valence-corrected chi connectivity index (χ1v) is 18.2. The van der Waals surface area contributed by atoms with Gasteiger partial charge in [0.25, 0.3) is 0 Å². The second kappa shape index (κ2) is 17.0. The van der Waals surface area contributed by atoms with Crippen LogP contribution in [0.15, 0.2) is 67.0 Å². The largest absolute Gasteiger partial charge is 0.351 e. The lowest BCUT2D eigenvalue weighted by Crippen LogP contribution is -2.38. The lowest BCUT2D eigenvalue weighted by Gasteiger charge is -2.32. The van der Waals surface area contributed by atoms with E-state index in [1.165, 1.54) is 62.5 Å². The van der Waals surface area contributed by atoms with Crippen LogP contribution in [0, 0.1) is 5.92 Å². The molecule has 2 aliphatic carbocycles. The fourth-order valence-electron chi connectivity index (χ4n) is 7.39. The van der Waals surface area contributed by atoms with E-state index in [0.29, 0.717) is 18.1 Å². The van der Waals surface area contributed by atoms with Crippen LogP contribution in [0.4, 0.5) is 11.8 Å². The SMILES string of the molecule is CCCC1CCN(Nc2nc(NC3CCC(N)CC3)nc3c2ncn3C2CCCC2)CC1.c1ccc(CNCc2ccccc2)cc1. The minimum absolute atomic E-state index is 0.341. The average Bonchev–Trinajstić information content (AvgIpc) is 3.79. The summed E-state index contributed by atoms with van der Waals surface area (Å²) in [5.74, 6) is 2.43. The number of aromatic nitrogens is 4. The maximum absolute atomic E-state index is 6.11. The Labute approximate surface area is 281 Å². The van der Waals surface area contributed by atoms with Crippen LogP contribution >= 0.6 is 0 Å². The lowest BCUT2D eigenvalue weighted by atomic mass is 9.92. The number of fused-ring (bicyclic) bond motifs is 1. The van der Waals surface area contributed by atoms with Crippen molar-refractivity contribution >= 4 is 22.9 Å². The van der Waals surface area contributed by atoms with E-state index in [9.17, 15) is 0 Å². The van der Waals surface area contributed by atoms with Crippen LogP contribution in [0.25, 0.3) is 11.2 Å². The number of benzene rings is 2. The van der Waals surface area contributed by atoms with Gasteiger partial charge in [0, 0.05) is 44.3 Å². The molecule has 47 heavy (non-hydrogen) atoms. The van der Waals surface area contributed by atoms with Crippen molar-refractivity contribution in [1.82, 2.24) is 29.8 Å². The van der Waals surface area contributed by atoms with Crippen LogP contribution < -0.4 is 21.8 Å². The Hall–Kier alpha value is -3.53. The molecule has 0 unspecified atom stereocenters. The van der Waals surface area contributed by atoms with E-state index in [2.05, 4.69) is 81.1 Å². The van der Waals surface area contributed by atoms with Gasteiger partial charge in [0.1, 0.15) is 0 Å². The van der Waals surface area contributed by atoms with Crippen molar-refractivity contribution in [3.63, 3.8) is 0 Å². The van der Waals surface area contributed by atoms with Crippen molar-refractivity contribution in [2.75, 3.05) is 23.8 Å². The summed E-state index contributed by atoms with van der Waals surface area (Å²) in [6, 6.07) is 22.2. The van der Waals surface area contributed by atoms with Crippen LogP contribution in [0.5, 0.6) is 0 Å². The summed E-state index contributed by atoms with van der Waals surface area (Å²) >= 11 is 0. The van der Waals surface area contributed by atoms with Gasteiger partial charge in [-0.1, -0.05) is 93.3 Å². The van der Waals surface area contributed by atoms with E-state index in [1.807, 2.05) is 18.5 Å². The molecule has 1 saturated heterocycles. The lowest BCUT2D eigenvalue weighted by molar-refractivity contribution is 0.209. The number of nitrogens with two attached hydrogens (primary N) is 1. The first-order chi connectivity index (χ1) is 23.1. The summed E-state index contributed by atoms with van der Waals surface area (Å²) in [5, 5.41) is 9.37. The maximum atomic E-state index is 6.11. The summed E-state index contributed by atoms with van der Waals surface area (Å²) in [4.78, 5) is 14.7. The molecule has 2 saturated carbocycles. The molecule has 5 N–H and O–H groups in total. The molecule has 1 aliphatic heterocycles. The number of piperidine rings is 1. The third-order valence-corrected chi connectivity index (χ3v) is 10.2. The topological polar surface area (TPSA) is 109 Å². The van der Waals surface area contributed by atoms with Gasteiger partial charge in [0.05, 0.1) is 6.33 Å². The molecule has 3 fully saturated rings. The minimum atomic E-state index is 0.341. The van der Waals surface area contributed by atoms with Crippen LogP contribution in [0.2, 0.25) is 0 Å². The molecule has 9 heteroatoms. The molecular formula is C38H55N9.